The zero-order valence-electron chi connectivity index (χ0n) is 9.55. The van der Waals surface area contributed by atoms with E-state index in [-0.39, 0.29) is 0 Å². The maximum Gasteiger partial charge on any atom is 0.338 e. The second-order valence-corrected chi connectivity index (χ2v) is 4.89. The van der Waals surface area contributed by atoms with Gasteiger partial charge in [0.25, 0.3) is 0 Å². The molecule has 92 valence electrons. The van der Waals surface area contributed by atoms with Crippen molar-refractivity contribution in [2.75, 3.05) is 7.11 Å². The number of carbonyl (C=O) groups is 1. The van der Waals surface area contributed by atoms with Gasteiger partial charge in [0.05, 0.1) is 7.11 Å². The van der Waals surface area contributed by atoms with E-state index in [0.717, 1.165) is 9.13 Å². The van der Waals surface area contributed by atoms with Gasteiger partial charge in [-0.15, -0.1) is 0 Å². The van der Waals surface area contributed by atoms with Crippen LogP contribution in [0.3, 0.4) is 0 Å². The first-order valence-corrected chi connectivity index (χ1v) is 6.34. The lowest BCUT2D eigenvalue weighted by molar-refractivity contribution is -0.153. The Morgan fingerprint density at radius 1 is 1.35 bits per heavy atom. The highest BCUT2D eigenvalue weighted by Crippen LogP contribution is 2.35. The normalized spacial score (nSPS) is 28.1. The monoisotopic (exact) mass is 348 g/mol. The van der Waals surface area contributed by atoms with Gasteiger partial charge < -0.3 is 14.2 Å². The number of carbonyl (C=O) groups excluding carboxylic acids is 1. The van der Waals surface area contributed by atoms with E-state index in [2.05, 4.69) is 22.6 Å². The van der Waals surface area contributed by atoms with Crippen LogP contribution >= 0.6 is 22.6 Å². The van der Waals surface area contributed by atoms with Crippen molar-refractivity contribution in [2.24, 2.45) is 0 Å². The third kappa shape index (κ3) is 2.61. The standard InChI is InChI=1S/C12H13IO4/c1-7-16-10(11(17-7)12(14)15-2)8-5-3-4-6-9(8)13/h3-7,10-11H,1-2H3/t7-,10?,11?/m1/s1. The van der Waals surface area contributed by atoms with Gasteiger partial charge in [0.2, 0.25) is 0 Å². The molecule has 0 spiro atoms. The van der Waals surface area contributed by atoms with Crippen molar-refractivity contribution < 1.29 is 19.0 Å². The SMILES string of the molecule is COC(=O)C1O[C@H](C)OC1c1ccccc1I. The van der Waals surface area contributed by atoms with Crippen LogP contribution in [-0.4, -0.2) is 25.5 Å². The van der Waals surface area contributed by atoms with Gasteiger partial charge in [-0.25, -0.2) is 4.79 Å². The Kier molecular flexibility index (Phi) is 4.01. The molecule has 4 nitrogen and oxygen atoms in total. The summed E-state index contributed by atoms with van der Waals surface area (Å²) >= 11 is 2.21. The highest BCUT2D eigenvalue weighted by molar-refractivity contribution is 14.1. The fourth-order valence-corrected chi connectivity index (χ4v) is 2.52. The zero-order chi connectivity index (χ0) is 12.4. The number of rotatable bonds is 2. The van der Waals surface area contributed by atoms with E-state index in [1.165, 1.54) is 7.11 Å². The number of esters is 1. The molecule has 1 aromatic rings. The number of benzene rings is 1. The minimum Gasteiger partial charge on any atom is -0.467 e. The van der Waals surface area contributed by atoms with Crippen molar-refractivity contribution in [1.29, 1.82) is 0 Å². The van der Waals surface area contributed by atoms with Crippen LogP contribution in [0.25, 0.3) is 0 Å². The van der Waals surface area contributed by atoms with E-state index in [9.17, 15) is 4.79 Å². The van der Waals surface area contributed by atoms with Crippen molar-refractivity contribution in [3.63, 3.8) is 0 Å². The molecule has 0 aromatic heterocycles. The van der Waals surface area contributed by atoms with Gasteiger partial charge in [0.1, 0.15) is 6.10 Å². The summed E-state index contributed by atoms with van der Waals surface area (Å²) in [7, 11) is 1.35. The molecule has 1 aliphatic rings. The lowest BCUT2D eigenvalue weighted by atomic mass is 10.0. The first-order valence-electron chi connectivity index (χ1n) is 5.26. The average Bonchev–Trinajstić information content (AvgIpc) is 2.71. The van der Waals surface area contributed by atoms with Crippen LogP contribution in [0.5, 0.6) is 0 Å². The van der Waals surface area contributed by atoms with Crippen LogP contribution in [0.15, 0.2) is 24.3 Å². The number of ether oxygens (including phenoxy) is 3. The van der Waals surface area contributed by atoms with E-state index in [1.807, 2.05) is 24.3 Å². The molecule has 0 saturated carbocycles. The fourth-order valence-electron chi connectivity index (χ4n) is 1.83. The third-order valence-electron chi connectivity index (χ3n) is 2.60. The van der Waals surface area contributed by atoms with Crippen molar-refractivity contribution in [3.8, 4) is 0 Å². The molecular weight excluding hydrogens is 335 g/mol. The van der Waals surface area contributed by atoms with Gasteiger partial charge in [-0.3, -0.25) is 0 Å². The molecule has 0 amide bonds. The van der Waals surface area contributed by atoms with Crippen LogP contribution in [-0.2, 0) is 19.0 Å². The fraction of sp³-hybridized carbons (Fsp3) is 0.417. The van der Waals surface area contributed by atoms with Crippen LogP contribution in [0.1, 0.15) is 18.6 Å². The van der Waals surface area contributed by atoms with Gasteiger partial charge in [-0.2, -0.15) is 0 Å². The first-order chi connectivity index (χ1) is 8.13. The van der Waals surface area contributed by atoms with Crippen molar-refractivity contribution in [2.45, 2.75) is 25.4 Å². The van der Waals surface area contributed by atoms with E-state index in [1.54, 1.807) is 6.92 Å². The highest BCUT2D eigenvalue weighted by atomic mass is 127. The predicted molar refractivity (Wildman–Crippen MR) is 69.3 cm³/mol. The molecule has 17 heavy (non-hydrogen) atoms. The highest BCUT2D eigenvalue weighted by Gasteiger charge is 2.41. The maximum absolute atomic E-state index is 11.6. The van der Waals surface area contributed by atoms with E-state index >= 15 is 0 Å². The summed E-state index contributed by atoms with van der Waals surface area (Å²) in [5, 5.41) is 0. The van der Waals surface area contributed by atoms with Gasteiger partial charge in [0, 0.05) is 3.57 Å². The second kappa shape index (κ2) is 5.32. The summed E-state index contributed by atoms with van der Waals surface area (Å²) in [5.41, 5.74) is 0.952. The minimum atomic E-state index is -0.689. The van der Waals surface area contributed by atoms with Crippen LogP contribution in [0.4, 0.5) is 0 Å². The van der Waals surface area contributed by atoms with Gasteiger partial charge in [0.15, 0.2) is 12.4 Å². The smallest absolute Gasteiger partial charge is 0.338 e. The molecule has 3 atom stereocenters. The van der Waals surface area contributed by atoms with Crippen LogP contribution in [0.2, 0.25) is 0 Å². The Labute approximate surface area is 113 Å². The molecule has 1 aromatic carbocycles. The van der Waals surface area contributed by atoms with Gasteiger partial charge >= 0.3 is 5.97 Å². The van der Waals surface area contributed by atoms with Crippen molar-refractivity contribution in [1.82, 2.24) is 0 Å². The summed E-state index contributed by atoms with van der Waals surface area (Å²) in [5.74, 6) is -0.404. The largest absolute Gasteiger partial charge is 0.467 e. The maximum atomic E-state index is 11.6. The predicted octanol–water partition coefficient (Wildman–Crippen LogP) is 2.27. The molecule has 2 unspecified atom stereocenters. The molecule has 1 fully saturated rings. The Bertz CT molecular complexity index is 421. The summed E-state index contributed by atoms with van der Waals surface area (Å²) in [6.45, 7) is 1.77. The van der Waals surface area contributed by atoms with E-state index in [4.69, 9.17) is 14.2 Å². The van der Waals surface area contributed by atoms with Crippen molar-refractivity contribution in [3.05, 3.63) is 33.4 Å². The molecule has 1 saturated heterocycles. The number of hydrogen-bond acceptors (Lipinski definition) is 4. The molecule has 0 aliphatic carbocycles. The number of hydrogen-bond donors (Lipinski definition) is 0. The molecule has 0 N–H and O–H groups in total. The topological polar surface area (TPSA) is 44.8 Å². The van der Waals surface area contributed by atoms with Crippen LogP contribution in [0, 0.1) is 3.57 Å². The first kappa shape index (κ1) is 12.8. The van der Waals surface area contributed by atoms with E-state index < -0.39 is 24.5 Å². The third-order valence-corrected chi connectivity index (χ3v) is 3.58. The second-order valence-electron chi connectivity index (χ2n) is 3.73. The molecule has 2 rings (SSSR count). The van der Waals surface area contributed by atoms with Crippen LogP contribution < -0.4 is 0 Å². The van der Waals surface area contributed by atoms with E-state index in [0.29, 0.717) is 0 Å². The van der Waals surface area contributed by atoms with Gasteiger partial charge in [-0.05, 0) is 41.1 Å². The lowest BCUT2D eigenvalue weighted by Gasteiger charge is -2.16. The lowest BCUT2D eigenvalue weighted by Crippen LogP contribution is -2.27. The number of halogens is 1. The molecule has 1 aliphatic heterocycles. The summed E-state index contributed by atoms with van der Waals surface area (Å²) in [4.78, 5) is 11.6. The summed E-state index contributed by atoms with van der Waals surface area (Å²) in [6, 6.07) is 7.76. The molecule has 0 radical (unpaired) electrons. The number of methoxy groups -OCH3 is 1. The summed E-state index contributed by atoms with van der Waals surface area (Å²) in [6.07, 6.45) is -1.49. The zero-order valence-corrected chi connectivity index (χ0v) is 11.7. The minimum absolute atomic E-state index is 0.398. The molecule has 5 heteroatoms. The Morgan fingerprint density at radius 2 is 2.06 bits per heavy atom. The van der Waals surface area contributed by atoms with Crippen molar-refractivity contribution >= 4 is 28.6 Å². The Morgan fingerprint density at radius 3 is 2.71 bits per heavy atom. The Balaban J connectivity index is 2.30. The van der Waals surface area contributed by atoms with Gasteiger partial charge in [-0.1, -0.05) is 18.2 Å². The average molecular weight is 348 g/mol. The molecule has 1 heterocycles. The Hall–Kier alpha value is -0.660. The summed E-state index contributed by atoms with van der Waals surface area (Å²) < 4.78 is 16.8. The quantitative estimate of drug-likeness (QED) is 0.608. The molecular formula is C12H13IO4. The molecule has 0 bridgehead atoms.